The number of esters is 1. The quantitative estimate of drug-likeness (QED) is 0.474. The minimum absolute atomic E-state index is 0.0345. The van der Waals surface area contributed by atoms with E-state index in [-0.39, 0.29) is 30.1 Å². The number of halogens is 1. The van der Waals surface area contributed by atoms with Gasteiger partial charge in [-0.25, -0.2) is 9.18 Å². The molecule has 1 aromatic rings. The van der Waals surface area contributed by atoms with Crippen LogP contribution in [0.5, 0.6) is 0 Å². The summed E-state index contributed by atoms with van der Waals surface area (Å²) in [5.74, 6) is 1.15. The van der Waals surface area contributed by atoms with Crippen LogP contribution in [0.25, 0.3) is 0 Å². The molecule has 0 saturated carbocycles. The first-order valence-electron chi connectivity index (χ1n) is 5.03. The standard InChI is InChI=1S/C12H13FN2O2/c1-3-5-15-11-6-8(12(16)17-4-2)10(14)7-9(11)13/h1,6-7,15H,4-5,14H2,2H3. The summed E-state index contributed by atoms with van der Waals surface area (Å²) in [5.41, 5.74) is 5.82. The van der Waals surface area contributed by atoms with Crippen molar-refractivity contribution in [3.05, 3.63) is 23.5 Å². The van der Waals surface area contributed by atoms with Crippen LogP contribution < -0.4 is 11.1 Å². The van der Waals surface area contributed by atoms with Crippen molar-refractivity contribution in [2.75, 3.05) is 24.2 Å². The molecule has 0 atom stereocenters. The normalized spacial score (nSPS) is 9.47. The molecule has 4 nitrogen and oxygen atoms in total. The summed E-state index contributed by atoms with van der Waals surface area (Å²) in [6.45, 7) is 2.06. The number of nitrogens with two attached hydrogens (primary N) is 1. The van der Waals surface area contributed by atoms with Gasteiger partial charge in [-0.15, -0.1) is 6.42 Å². The van der Waals surface area contributed by atoms with Crippen LogP contribution in [0.4, 0.5) is 15.8 Å². The third-order valence-corrected chi connectivity index (χ3v) is 2.02. The molecular weight excluding hydrogens is 223 g/mol. The lowest BCUT2D eigenvalue weighted by molar-refractivity contribution is 0.0527. The van der Waals surface area contributed by atoms with Crippen molar-refractivity contribution < 1.29 is 13.9 Å². The molecule has 0 aliphatic carbocycles. The highest BCUT2D eigenvalue weighted by atomic mass is 19.1. The highest BCUT2D eigenvalue weighted by molar-refractivity contribution is 5.96. The SMILES string of the molecule is C#CCNc1cc(C(=O)OCC)c(N)cc1F. The van der Waals surface area contributed by atoms with Crippen LogP contribution in [-0.4, -0.2) is 19.1 Å². The van der Waals surface area contributed by atoms with E-state index in [9.17, 15) is 9.18 Å². The van der Waals surface area contributed by atoms with Crippen molar-refractivity contribution in [2.24, 2.45) is 0 Å². The summed E-state index contributed by atoms with van der Waals surface area (Å²) in [6.07, 6.45) is 5.05. The van der Waals surface area contributed by atoms with Crippen LogP contribution in [-0.2, 0) is 4.74 Å². The third-order valence-electron chi connectivity index (χ3n) is 2.02. The fourth-order valence-electron chi connectivity index (χ4n) is 1.26. The van der Waals surface area contributed by atoms with Crippen LogP contribution in [0.1, 0.15) is 17.3 Å². The number of anilines is 2. The first-order valence-corrected chi connectivity index (χ1v) is 5.03. The predicted molar refractivity (Wildman–Crippen MR) is 64.1 cm³/mol. The lowest BCUT2D eigenvalue weighted by Crippen LogP contribution is -2.10. The van der Waals surface area contributed by atoms with E-state index in [1.165, 1.54) is 6.07 Å². The highest BCUT2D eigenvalue weighted by Gasteiger charge is 2.14. The zero-order chi connectivity index (χ0) is 12.8. The summed E-state index contributed by atoms with van der Waals surface area (Å²) in [7, 11) is 0. The van der Waals surface area contributed by atoms with E-state index in [0.29, 0.717) is 0 Å². The van der Waals surface area contributed by atoms with E-state index < -0.39 is 11.8 Å². The molecule has 0 fully saturated rings. The molecule has 3 N–H and O–H groups in total. The Morgan fingerprint density at radius 3 is 2.94 bits per heavy atom. The Kier molecular flexibility index (Phi) is 4.35. The number of rotatable bonds is 4. The van der Waals surface area contributed by atoms with Gasteiger partial charge in [-0.1, -0.05) is 5.92 Å². The molecule has 0 aliphatic heterocycles. The topological polar surface area (TPSA) is 64.3 Å². The number of hydrogen-bond acceptors (Lipinski definition) is 4. The molecule has 1 rings (SSSR count). The maximum atomic E-state index is 13.4. The lowest BCUT2D eigenvalue weighted by Gasteiger charge is -2.09. The third kappa shape index (κ3) is 3.11. The van der Waals surface area contributed by atoms with E-state index in [4.69, 9.17) is 16.9 Å². The summed E-state index contributed by atoms with van der Waals surface area (Å²) < 4.78 is 18.2. The molecule has 0 radical (unpaired) electrons. The van der Waals surface area contributed by atoms with Gasteiger partial charge >= 0.3 is 5.97 Å². The number of nitrogen functional groups attached to an aromatic ring is 1. The second-order valence-corrected chi connectivity index (χ2v) is 3.20. The summed E-state index contributed by atoms with van der Waals surface area (Å²) in [5, 5.41) is 2.65. The number of terminal acetylenes is 1. The highest BCUT2D eigenvalue weighted by Crippen LogP contribution is 2.22. The van der Waals surface area contributed by atoms with E-state index in [1.807, 2.05) is 0 Å². The van der Waals surface area contributed by atoms with Crippen molar-refractivity contribution in [3.8, 4) is 12.3 Å². The van der Waals surface area contributed by atoms with Crippen LogP contribution in [0, 0.1) is 18.2 Å². The van der Waals surface area contributed by atoms with Gasteiger partial charge in [0, 0.05) is 5.69 Å². The first-order chi connectivity index (χ1) is 8.10. The summed E-state index contributed by atoms with van der Waals surface area (Å²) in [6, 6.07) is 2.35. The van der Waals surface area contributed by atoms with Gasteiger partial charge in [0.1, 0.15) is 5.82 Å². The molecule has 1 aromatic carbocycles. The van der Waals surface area contributed by atoms with Gasteiger partial charge in [-0.2, -0.15) is 0 Å². The molecule has 0 amide bonds. The second kappa shape index (κ2) is 5.75. The van der Waals surface area contributed by atoms with Crippen LogP contribution >= 0.6 is 0 Å². The fourth-order valence-corrected chi connectivity index (χ4v) is 1.26. The van der Waals surface area contributed by atoms with Gasteiger partial charge in [0.25, 0.3) is 0 Å². The molecule has 0 spiro atoms. The van der Waals surface area contributed by atoms with Crippen LogP contribution in [0.15, 0.2) is 12.1 Å². The van der Waals surface area contributed by atoms with Crippen molar-refractivity contribution in [1.82, 2.24) is 0 Å². The Morgan fingerprint density at radius 1 is 1.65 bits per heavy atom. The Labute approximate surface area is 99.0 Å². The zero-order valence-corrected chi connectivity index (χ0v) is 9.42. The number of hydrogen-bond donors (Lipinski definition) is 2. The van der Waals surface area contributed by atoms with E-state index in [2.05, 4.69) is 11.2 Å². The fraction of sp³-hybridized carbons (Fsp3) is 0.250. The second-order valence-electron chi connectivity index (χ2n) is 3.20. The number of carbonyl (C=O) groups is 1. The Hall–Kier alpha value is -2.22. The molecule has 0 bridgehead atoms. The van der Waals surface area contributed by atoms with Gasteiger partial charge in [0.2, 0.25) is 0 Å². The molecule has 0 unspecified atom stereocenters. The van der Waals surface area contributed by atoms with Gasteiger partial charge in [-0.3, -0.25) is 0 Å². The number of nitrogens with one attached hydrogen (secondary N) is 1. The Bertz CT molecular complexity index is 466. The maximum Gasteiger partial charge on any atom is 0.340 e. The van der Waals surface area contributed by atoms with Gasteiger partial charge in [0.05, 0.1) is 24.4 Å². The number of carbonyl (C=O) groups excluding carboxylic acids is 1. The molecule has 17 heavy (non-hydrogen) atoms. The number of benzene rings is 1. The van der Waals surface area contributed by atoms with E-state index >= 15 is 0 Å². The molecule has 0 saturated heterocycles. The smallest absolute Gasteiger partial charge is 0.340 e. The summed E-state index contributed by atoms with van der Waals surface area (Å²) >= 11 is 0. The maximum absolute atomic E-state index is 13.4. The minimum Gasteiger partial charge on any atom is -0.462 e. The molecule has 0 aromatic heterocycles. The van der Waals surface area contributed by atoms with Crippen molar-refractivity contribution in [3.63, 3.8) is 0 Å². The molecule has 5 heteroatoms. The summed E-state index contributed by atoms with van der Waals surface area (Å²) in [4.78, 5) is 11.5. The van der Waals surface area contributed by atoms with Gasteiger partial charge in [-0.05, 0) is 19.1 Å². The average molecular weight is 236 g/mol. The van der Waals surface area contributed by atoms with Crippen molar-refractivity contribution >= 4 is 17.3 Å². The number of ether oxygens (including phenoxy) is 1. The lowest BCUT2D eigenvalue weighted by atomic mass is 10.1. The largest absolute Gasteiger partial charge is 0.462 e. The van der Waals surface area contributed by atoms with Gasteiger partial charge < -0.3 is 15.8 Å². The minimum atomic E-state index is -0.589. The molecule has 90 valence electrons. The van der Waals surface area contributed by atoms with Gasteiger partial charge in [0.15, 0.2) is 0 Å². The van der Waals surface area contributed by atoms with Crippen molar-refractivity contribution in [2.45, 2.75) is 6.92 Å². The van der Waals surface area contributed by atoms with E-state index in [1.54, 1.807) is 6.92 Å². The Balaban J connectivity index is 3.06. The zero-order valence-electron chi connectivity index (χ0n) is 9.42. The van der Waals surface area contributed by atoms with Crippen LogP contribution in [0.3, 0.4) is 0 Å². The van der Waals surface area contributed by atoms with Crippen molar-refractivity contribution in [1.29, 1.82) is 0 Å². The molecule has 0 heterocycles. The molecular formula is C12H13FN2O2. The Morgan fingerprint density at radius 2 is 2.35 bits per heavy atom. The predicted octanol–water partition coefficient (Wildman–Crippen LogP) is 1.63. The average Bonchev–Trinajstić information content (AvgIpc) is 2.28. The van der Waals surface area contributed by atoms with E-state index in [0.717, 1.165) is 6.07 Å². The molecule has 0 aliphatic rings. The monoisotopic (exact) mass is 236 g/mol. The first kappa shape index (κ1) is 12.8. The van der Waals surface area contributed by atoms with Crippen LogP contribution in [0.2, 0.25) is 0 Å².